The van der Waals surface area contributed by atoms with Crippen LogP contribution in [-0.2, 0) is 11.4 Å². The topological polar surface area (TPSA) is 81.1 Å². The summed E-state index contributed by atoms with van der Waals surface area (Å²) in [5.41, 5.74) is 6.32. The normalized spacial score (nSPS) is 17.0. The predicted octanol–water partition coefficient (Wildman–Crippen LogP) is 4.56. The van der Waals surface area contributed by atoms with Crippen molar-refractivity contribution in [1.82, 2.24) is 14.9 Å². The van der Waals surface area contributed by atoms with Crippen LogP contribution in [0, 0.1) is 6.92 Å². The van der Waals surface area contributed by atoms with Crippen LogP contribution in [0.4, 0.5) is 5.69 Å². The van der Waals surface area contributed by atoms with E-state index >= 15 is 0 Å². The van der Waals surface area contributed by atoms with Gasteiger partial charge in [0, 0.05) is 5.69 Å². The number of hydrogen-bond donors (Lipinski definition) is 2. The molecule has 1 amide bonds. The van der Waals surface area contributed by atoms with Gasteiger partial charge < -0.3 is 15.5 Å². The Morgan fingerprint density at radius 1 is 1.03 bits per heavy atom. The zero-order valence-corrected chi connectivity index (χ0v) is 18.8. The van der Waals surface area contributed by atoms with Crippen LogP contribution in [0.3, 0.4) is 0 Å². The van der Waals surface area contributed by atoms with Crippen molar-refractivity contribution in [3.63, 3.8) is 0 Å². The molecule has 8 heteroatoms. The van der Waals surface area contributed by atoms with Crippen LogP contribution in [0.5, 0.6) is 5.75 Å². The molecule has 2 N–H and O–H groups in total. The molecule has 0 bridgehead atoms. The maximum atomic E-state index is 13.3. The average Bonchev–Trinajstić information content (AvgIpc) is 3.25. The number of aromatic nitrogens is 3. The lowest BCUT2D eigenvalue weighted by atomic mass is 10.0. The summed E-state index contributed by atoms with van der Waals surface area (Å²) in [5.74, 6) is 1.30. The monoisotopic (exact) mass is 457 g/mol. The van der Waals surface area contributed by atoms with Gasteiger partial charge in [-0.1, -0.05) is 72.4 Å². The summed E-state index contributed by atoms with van der Waals surface area (Å²) < 4.78 is 7.69. The third kappa shape index (κ3) is 4.70. The smallest absolute Gasteiger partial charge is 0.240 e. The van der Waals surface area contributed by atoms with Gasteiger partial charge in [-0.25, -0.2) is 4.68 Å². The zero-order chi connectivity index (χ0) is 22.6. The third-order valence-electron chi connectivity index (χ3n) is 5.32. The van der Waals surface area contributed by atoms with E-state index in [2.05, 4.69) is 20.9 Å². The first-order valence-corrected chi connectivity index (χ1v) is 11.5. The molecule has 2 heterocycles. The number of amides is 1. The maximum Gasteiger partial charge on any atom is 0.240 e. The summed E-state index contributed by atoms with van der Waals surface area (Å²) in [4.78, 5) is 13.3. The van der Waals surface area contributed by atoms with Crippen LogP contribution in [-0.4, -0.2) is 26.0 Å². The summed E-state index contributed by atoms with van der Waals surface area (Å²) in [6.07, 6.45) is 0. The predicted molar refractivity (Wildman–Crippen MR) is 129 cm³/mol. The van der Waals surface area contributed by atoms with Gasteiger partial charge in [0.1, 0.15) is 17.6 Å². The largest absolute Gasteiger partial charge is 0.486 e. The number of para-hydroxylation sites is 1. The molecule has 1 aromatic heterocycles. The van der Waals surface area contributed by atoms with E-state index < -0.39 is 5.25 Å². The van der Waals surface area contributed by atoms with Gasteiger partial charge in [-0.15, -0.1) is 10.2 Å². The fraction of sp³-hybridized carbons (Fsp3) is 0.160. The summed E-state index contributed by atoms with van der Waals surface area (Å²) in [6, 6.07) is 27.0. The van der Waals surface area contributed by atoms with Gasteiger partial charge in [0.25, 0.3) is 0 Å². The van der Waals surface area contributed by atoms with E-state index in [4.69, 9.17) is 4.74 Å². The number of carbonyl (C=O) groups is 1. The van der Waals surface area contributed by atoms with Crippen molar-refractivity contribution in [3.8, 4) is 5.75 Å². The molecule has 1 aliphatic rings. The number of aryl methyl sites for hydroxylation is 1. The average molecular weight is 458 g/mol. The molecular weight excluding hydrogens is 434 g/mol. The van der Waals surface area contributed by atoms with Crippen LogP contribution < -0.4 is 15.5 Å². The minimum Gasteiger partial charge on any atom is -0.486 e. The minimum absolute atomic E-state index is 0.0942. The molecule has 5 rings (SSSR count). The molecule has 0 aliphatic carbocycles. The maximum absolute atomic E-state index is 13.3. The van der Waals surface area contributed by atoms with Crippen LogP contribution >= 0.6 is 11.8 Å². The first-order chi connectivity index (χ1) is 16.2. The number of nitrogens with zero attached hydrogens (tertiary/aromatic N) is 3. The quantitative estimate of drug-likeness (QED) is 0.442. The molecule has 0 fully saturated rings. The van der Waals surface area contributed by atoms with E-state index in [0.717, 1.165) is 22.6 Å². The second kappa shape index (κ2) is 9.38. The Kier molecular flexibility index (Phi) is 5.99. The molecule has 0 radical (unpaired) electrons. The van der Waals surface area contributed by atoms with Crippen molar-refractivity contribution < 1.29 is 9.53 Å². The second-order valence-electron chi connectivity index (χ2n) is 7.75. The Morgan fingerprint density at radius 2 is 1.79 bits per heavy atom. The number of thioether (sulfide) groups is 1. The molecule has 4 aromatic rings. The number of rotatable bonds is 6. The van der Waals surface area contributed by atoms with Crippen molar-refractivity contribution >= 4 is 23.4 Å². The van der Waals surface area contributed by atoms with E-state index in [1.54, 1.807) is 0 Å². The molecule has 0 saturated carbocycles. The third-order valence-corrected chi connectivity index (χ3v) is 6.53. The summed E-state index contributed by atoms with van der Waals surface area (Å²) in [6.45, 7) is 2.26. The van der Waals surface area contributed by atoms with Gasteiger partial charge >= 0.3 is 0 Å². The van der Waals surface area contributed by atoms with Crippen LogP contribution in [0.2, 0.25) is 0 Å². The zero-order valence-electron chi connectivity index (χ0n) is 18.0. The molecule has 166 valence electrons. The summed E-state index contributed by atoms with van der Waals surface area (Å²) >= 11 is 1.39. The Balaban J connectivity index is 1.41. The highest BCUT2D eigenvalue weighted by Gasteiger charge is 2.37. The summed E-state index contributed by atoms with van der Waals surface area (Å²) in [5, 5.41) is 11.8. The lowest BCUT2D eigenvalue weighted by Crippen LogP contribution is -2.41. The molecule has 0 spiro atoms. The Hall–Kier alpha value is -3.78. The van der Waals surface area contributed by atoms with Gasteiger partial charge in [0.2, 0.25) is 11.1 Å². The van der Waals surface area contributed by atoms with E-state index in [9.17, 15) is 4.79 Å². The highest BCUT2D eigenvalue weighted by atomic mass is 32.2. The van der Waals surface area contributed by atoms with Crippen molar-refractivity contribution in [2.45, 2.75) is 30.0 Å². The van der Waals surface area contributed by atoms with Crippen molar-refractivity contribution in [2.75, 3.05) is 10.7 Å². The Morgan fingerprint density at radius 3 is 2.55 bits per heavy atom. The van der Waals surface area contributed by atoms with Crippen molar-refractivity contribution in [1.29, 1.82) is 0 Å². The highest BCUT2D eigenvalue weighted by molar-refractivity contribution is 8.00. The first kappa shape index (κ1) is 21.1. The highest BCUT2D eigenvalue weighted by Crippen LogP contribution is 2.37. The fourth-order valence-corrected chi connectivity index (χ4v) is 4.80. The molecule has 3 aromatic carbocycles. The summed E-state index contributed by atoms with van der Waals surface area (Å²) in [7, 11) is 0. The van der Waals surface area contributed by atoms with E-state index in [0.29, 0.717) is 11.0 Å². The van der Waals surface area contributed by atoms with Crippen molar-refractivity contribution in [3.05, 3.63) is 102 Å². The lowest BCUT2D eigenvalue weighted by Gasteiger charge is -2.33. The van der Waals surface area contributed by atoms with Gasteiger partial charge in [0.05, 0.1) is 6.04 Å². The number of anilines is 1. The van der Waals surface area contributed by atoms with E-state index in [1.165, 1.54) is 11.8 Å². The molecule has 1 aliphatic heterocycles. The molecule has 33 heavy (non-hydrogen) atoms. The van der Waals surface area contributed by atoms with Gasteiger partial charge in [0.15, 0.2) is 5.82 Å². The fourth-order valence-electron chi connectivity index (χ4n) is 3.70. The first-order valence-electron chi connectivity index (χ1n) is 10.7. The standard InChI is InChI=1S/C25H23N5O2S/c1-17-9-8-12-19(15-17)26-24(31)23-22(18-10-4-2-5-11-18)29-30-21(27-28-25(30)33-23)16-32-20-13-6-3-7-14-20/h2-15,22-23,29H,16H2,1H3,(H,26,31)/t22-,23+/m1/s1. The van der Waals surface area contributed by atoms with E-state index in [1.807, 2.05) is 96.5 Å². The SMILES string of the molecule is Cc1cccc(NC(=O)[C@H]2Sc3nnc(COc4ccccc4)n3N[C@@H]2c2ccccc2)c1. The van der Waals surface area contributed by atoms with Gasteiger partial charge in [-0.05, 0) is 42.3 Å². The number of carbonyl (C=O) groups excluding carboxylic acids is 1. The van der Waals surface area contributed by atoms with Gasteiger partial charge in [-0.3, -0.25) is 4.79 Å². The number of fused-ring (bicyclic) bond motifs is 1. The molecule has 2 atom stereocenters. The van der Waals surface area contributed by atoms with E-state index in [-0.39, 0.29) is 18.6 Å². The Labute approximate surface area is 196 Å². The van der Waals surface area contributed by atoms with Crippen molar-refractivity contribution in [2.24, 2.45) is 0 Å². The number of ether oxygens (including phenoxy) is 1. The Bertz CT molecular complexity index is 1250. The minimum atomic E-state index is -0.437. The molecular formula is C25H23N5O2S. The molecule has 0 unspecified atom stereocenters. The second-order valence-corrected chi connectivity index (χ2v) is 8.86. The molecule has 7 nitrogen and oxygen atoms in total. The number of benzene rings is 3. The van der Waals surface area contributed by atoms with Crippen LogP contribution in [0.15, 0.2) is 90.1 Å². The number of nitrogens with one attached hydrogen (secondary N) is 2. The molecule has 0 saturated heterocycles. The van der Waals surface area contributed by atoms with Gasteiger partial charge in [-0.2, -0.15) is 0 Å². The van der Waals surface area contributed by atoms with Crippen LogP contribution in [0.25, 0.3) is 0 Å². The van der Waals surface area contributed by atoms with Crippen LogP contribution in [0.1, 0.15) is 23.0 Å². The number of hydrogen-bond acceptors (Lipinski definition) is 6. The lowest BCUT2D eigenvalue weighted by molar-refractivity contribution is -0.116.